The van der Waals surface area contributed by atoms with Crippen molar-refractivity contribution in [1.29, 1.82) is 0 Å². The molecule has 0 fully saturated rings. The standard InChI is InChI=1S/C21H24N4O3S/c1-4-24(5-2)29(27,28)19-13-11-17(12-14-19)22-21(26)20-15-16(3)25(23-20)18-9-7-6-8-10-18/h6-15H,4-5H2,1-3H3,(H,22,26). The van der Waals surface area contributed by atoms with E-state index in [1.807, 2.05) is 37.3 Å². The molecule has 0 saturated heterocycles. The van der Waals surface area contributed by atoms with Crippen LogP contribution in [0.1, 0.15) is 30.0 Å². The molecule has 2 aromatic carbocycles. The van der Waals surface area contributed by atoms with Crippen molar-refractivity contribution in [3.63, 3.8) is 0 Å². The molecule has 152 valence electrons. The minimum atomic E-state index is -3.53. The van der Waals surface area contributed by atoms with Gasteiger partial charge < -0.3 is 5.32 Å². The Labute approximate surface area is 171 Å². The lowest BCUT2D eigenvalue weighted by atomic mass is 10.3. The van der Waals surface area contributed by atoms with E-state index >= 15 is 0 Å². The first kappa shape index (κ1) is 20.8. The number of rotatable bonds is 7. The van der Waals surface area contributed by atoms with Crippen molar-refractivity contribution in [3.8, 4) is 5.69 Å². The summed E-state index contributed by atoms with van der Waals surface area (Å²) >= 11 is 0. The lowest BCUT2D eigenvalue weighted by molar-refractivity contribution is 0.102. The van der Waals surface area contributed by atoms with Crippen LogP contribution in [0.5, 0.6) is 0 Å². The fourth-order valence-electron chi connectivity index (χ4n) is 3.03. The van der Waals surface area contributed by atoms with E-state index in [0.717, 1.165) is 11.4 Å². The number of aryl methyl sites for hydroxylation is 1. The number of carbonyl (C=O) groups excluding carboxylic acids is 1. The van der Waals surface area contributed by atoms with Crippen LogP contribution in [0, 0.1) is 6.92 Å². The van der Waals surface area contributed by atoms with Gasteiger partial charge in [-0.2, -0.15) is 9.40 Å². The second-order valence-corrected chi connectivity index (χ2v) is 8.42. The molecular weight excluding hydrogens is 388 g/mol. The van der Waals surface area contributed by atoms with Crippen LogP contribution in [-0.2, 0) is 10.0 Å². The summed E-state index contributed by atoms with van der Waals surface area (Å²) in [5.74, 6) is -0.359. The number of aromatic nitrogens is 2. The first-order valence-corrected chi connectivity index (χ1v) is 10.8. The number of nitrogens with zero attached hydrogens (tertiary/aromatic N) is 3. The Morgan fingerprint density at radius 3 is 2.24 bits per heavy atom. The van der Waals surface area contributed by atoms with Gasteiger partial charge in [0.2, 0.25) is 10.0 Å². The van der Waals surface area contributed by atoms with E-state index < -0.39 is 10.0 Å². The number of benzene rings is 2. The van der Waals surface area contributed by atoms with Crippen molar-refractivity contribution in [2.75, 3.05) is 18.4 Å². The Kier molecular flexibility index (Phi) is 6.14. The van der Waals surface area contributed by atoms with E-state index in [0.29, 0.717) is 18.8 Å². The largest absolute Gasteiger partial charge is 0.321 e. The van der Waals surface area contributed by atoms with Gasteiger partial charge in [0.1, 0.15) is 0 Å². The van der Waals surface area contributed by atoms with Crippen molar-refractivity contribution < 1.29 is 13.2 Å². The van der Waals surface area contributed by atoms with Crippen LogP contribution in [0.4, 0.5) is 5.69 Å². The molecule has 0 saturated carbocycles. The van der Waals surface area contributed by atoms with Gasteiger partial charge in [0.15, 0.2) is 5.69 Å². The third kappa shape index (κ3) is 4.38. The molecular formula is C21H24N4O3S. The summed E-state index contributed by atoms with van der Waals surface area (Å²) in [6.45, 7) is 6.28. The molecule has 7 nitrogen and oxygen atoms in total. The molecule has 0 aliphatic heterocycles. The Morgan fingerprint density at radius 2 is 1.66 bits per heavy atom. The monoisotopic (exact) mass is 412 g/mol. The Morgan fingerprint density at radius 1 is 1.03 bits per heavy atom. The fraction of sp³-hybridized carbons (Fsp3) is 0.238. The summed E-state index contributed by atoms with van der Waals surface area (Å²) in [5.41, 5.74) is 2.49. The van der Waals surface area contributed by atoms with Crippen LogP contribution in [-0.4, -0.2) is 41.5 Å². The molecule has 0 bridgehead atoms. The van der Waals surface area contributed by atoms with Crippen molar-refractivity contribution in [1.82, 2.24) is 14.1 Å². The molecule has 1 aromatic heterocycles. The molecule has 0 spiro atoms. The molecule has 1 amide bonds. The summed E-state index contributed by atoms with van der Waals surface area (Å²) in [6.07, 6.45) is 0. The molecule has 8 heteroatoms. The maximum atomic E-state index is 12.6. The zero-order valence-corrected chi connectivity index (χ0v) is 17.5. The van der Waals surface area contributed by atoms with E-state index in [1.54, 1.807) is 36.7 Å². The van der Waals surface area contributed by atoms with Gasteiger partial charge in [-0.25, -0.2) is 13.1 Å². The van der Waals surface area contributed by atoms with Crippen molar-refractivity contribution in [2.24, 2.45) is 0 Å². The molecule has 3 rings (SSSR count). The zero-order valence-electron chi connectivity index (χ0n) is 16.7. The van der Waals surface area contributed by atoms with Crippen LogP contribution in [0.25, 0.3) is 5.69 Å². The average molecular weight is 413 g/mol. The van der Waals surface area contributed by atoms with E-state index in [9.17, 15) is 13.2 Å². The van der Waals surface area contributed by atoms with Crippen LogP contribution in [0.2, 0.25) is 0 Å². The van der Waals surface area contributed by atoms with Gasteiger partial charge in [0.25, 0.3) is 5.91 Å². The predicted octanol–water partition coefficient (Wildman–Crippen LogP) is 3.46. The quantitative estimate of drug-likeness (QED) is 0.644. The summed E-state index contributed by atoms with van der Waals surface area (Å²) < 4.78 is 28.2. The van der Waals surface area contributed by atoms with E-state index in [4.69, 9.17) is 0 Å². The molecule has 0 atom stereocenters. The number of hydrogen-bond donors (Lipinski definition) is 1. The number of amides is 1. The molecule has 1 heterocycles. The van der Waals surface area contributed by atoms with Crippen molar-refractivity contribution in [3.05, 3.63) is 72.1 Å². The molecule has 0 aliphatic rings. The zero-order chi connectivity index (χ0) is 21.0. The highest BCUT2D eigenvalue weighted by atomic mass is 32.2. The van der Waals surface area contributed by atoms with Gasteiger partial charge in [0.05, 0.1) is 10.6 Å². The maximum absolute atomic E-state index is 12.6. The van der Waals surface area contributed by atoms with E-state index in [-0.39, 0.29) is 16.5 Å². The lowest BCUT2D eigenvalue weighted by Crippen LogP contribution is -2.30. The van der Waals surface area contributed by atoms with E-state index in [1.165, 1.54) is 16.4 Å². The van der Waals surface area contributed by atoms with Gasteiger partial charge in [-0.15, -0.1) is 0 Å². The van der Waals surface area contributed by atoms with Gasteiger partial charge >= 0.3 is 0 Å². The third-order valence-electron chi connectivity index (χ3n) is 4.58. The van der Waals surface area contributed by atoms with Crippen LogP contribution in [0.3, 0.4) is 0 Å². The summed E-state index contributed by atoms with van der Waals surface area (Å²) in [6, 6.07) is 17.4. The first-order valence-electron chi connectivity index (χ1n) is 9.40. The number of hydrogen-bond acceptors (Lipinski definition) is 4. The topological polar surface area (TPSA) is 84.3 Å². The van der Waals surface area contributed by atoms with E-state index in [2.05, 4.69) is 10.4 Å². The maximum Gasteiger partial charge on any atom is 0.276 e. The summed E-state index contributed by atoms with van der Waals surface area (Å²) in [4.78, 5) is 12.8. The second kappa shape index (κ2) is 8.59. The van der Waals surface area contributed by atoms with Crippen molar-refractivity contribution in [2.45, 2.75) is 25.7 Å². The number of para-hydroxylation sites is 1. The summed E-state index contributed by atoms with van der Waals surface area (Å²) in [5, 5.41) is 7.14. The second-order valence-electron chi connectivity index (χ2n) is 6.49. The highest BCUT2D eigenvalue weighted by Gasteiger charge is 2.21. The van der Waals surface area contributed by atoms with Crippen LogP contribution < -0.4 is 5.32 Å². The third-order valence-corrected chi connectivity index (χ3v) is 6.64. The lowest BCUT2D eigenvalue weighted by Gasteiger charge is -2.18. The predicted molar refractivity (Wildman–Crippen MR) is 113 cm³/mol. The first-order chi connectivity index (χ1) is 13.9. The highest BCUT2D eigenvalue weighted by Crippen LogP contribution is 2.19. The number of nitrogens with one attached hydrogen (secondary N) is 1. The van der Waals surface area contributed by atoms with Gasteiger partial charge in [0, 0.05) is 24.5 Å². The Bertz CT molecular complexity index is 1090. The minimum absolute atomic E-state index is 0.198. The average Bonchev–Trinajstić information content (AvgIpc) is 3.11. The number of carbonyl (C=O) groups is 1. The Balaban J connectivity index is 1.77. The normalized spacial score (nSPS) is 11.6. The number of anilines is 1. The minimum Gasteiger partial charge on any atom is -0.321 e. The molecule has 29 heavy (non-hydrogen) atoms. The fourth-order valence-corrected chi connectivity index (χ4v) is 4.49. The molecule has 3 aromatic rings. The van der Waals surface area contributed by atoms with Crippen LogP contribution in [0.15, 0.2) is 65.6 Å². The highest BCUT2D eigenvalue weighted by molar-refractivity contribution is 7.89. The molecule has 0 unspecified atom stereocenters. The van der Waals surface area contributed by atoms with Gasteiger partial charge in [-0.05, 0) is 49.4 Å². The molecule has 0 radical (unpaired) electrons. The smallest absolute Gasteiger partial charge is 0.276 e. The van der Waals surface area contributed by atoms with Gasteiger partial charge in [-0.3, -0.25) is 4.79 Å². The van der Waals surface area contributed by atoms with Crippen molar-refractivity contribution >= 4 is 21.6 Å². The van der Waals surface area contributed by atoms with Crippen LogP contribution >= 0.6 is 0 Å². The van der Waals surface area contributed by atoms with Gasteiger partial charge in [-0.1, -0.05) is 32.0 Å². The Hall–Kier alpha value is -2.97. The summed E-state index contributed by atoms with van der Waals surface area (Å²) in [7, 11) is -3.53. The molecule has 0 aliphatic carbocycles. The SMILES string of the molecule is CCN(CC)S(=O)(=O)c1ccc(NC(=O)c2cc(C)n(-c3ccccc3)n2)cc1. The molecule has 1 N–H and O–H groups in total. The number of sulfonamides is 1.